The summed E-state index contributed by atoms with van der Waals surface area (Å²) in [6, 6.07) is 5.33. The van der Waals surface area contributed by atoms with Crippen LogP contribution in [0, 0.1) is 0 Å². The number of nitrogens with one attached hydrogen (secondary N) is 1. The summed E-state index contributed by atoms with van der Waals surface area (Å²) in [6.07, 6.45) is 0.854. The molecule has 1 aromatic rings. The van der Waals surface area contributed by atoms with Crippen LogP contribution in [-0.2, 0) is 13.0 Å². The van der Waals surface area contributed by atoms with Gasteiger partial charge in [-0.05, 0) is 36.6 Å². The molecular formula is C12H16N2O2. The van der Waals surface area contributed by atoms with Gasteiger partial charge in [-0.15, -0.1) is 0 Å². The van der Waals surface area contributed by atoms with Crippen molar-refractivity contribution in [2.24, 2.45) is 0 Å². The fourth-order valence-electron chi connectivity index (χ4n) is 1.98. The number of benzene rings is 1. The number of rotatable bonds is 1. The van der Waals surface area contributed by atoms with Crippen LogP contribution in [0.1, 0.15) is 18.1 Å². The zero-order valence-electron chi connectivity index (χ0n) is 9.36. The molecular weight excluding hydrogens is 204 g/mol. The molecule has 4 heteroatoms. The largest absolute Gasteiger partial charge is 0.508 e. The number of hydrogen-bond acceptors (Lipinski definition) is 2. The summed E-state index contributed by atoms with van der Waals surface area (Å²) >= 11 is 0. The lowest BCUT2D eigenvalue weighted by molar-refractivity contribution is 0.193. The van der Waals surface area contributed by atoms with Gasteiger partial charge in [0.05, 0.1) is 0 Å². The van der Waals surface area contributed by atoms with E-state index in [-0.39, 0.29) is 11.8 Å². The highest BCUT2D eigenvalue weighted by Gasteiger charge is 2.20. The smallest absolute Gasteiger partial charge is 0.317 e. The third kappa shape index (κ3) is 2.10. The third-order valence-corrected chi connectivity index (χ3v) is 2.82. The SMILES string of the molecule is CCNC(=O)N1CCc2ccc(O)cc2C1. The Morgan fingerprint density at radius 1 is 1.50 bits per heavy atom. The Morgan fingerprint density at radius 2 is 2.31 bits per heavy atom. The van der Waals surface area contributed by atoms with E-state index in [4.69, 9.17) is 0 Å². The first-order valence-corrected chi connectivity index (χ1v) is 5.54. The van der Waals surface area contributed by atoms with Crippen LogP contribution in [0.3, 0.4) is 0 Å². The second-order valence-electron chi connectivity index (χ2n) is 3.96. The number of phenolic OH excluding ortho intramolecular Hbond substituents is 1. The molecule has 0 saturated carbocycles. The second-order valence-corrected chi connectivity index (χ2v) is 3.96. The van der Waals surface area contributed by atoms with Gasteiger partial charge in [0.1, 0.15) is 5.75 Å². The molecule has 0 radical (unpaired) electrons. The second kappa shape index (κ2) is 4.43. The fourth-order valence-corrected chi connectivity index (χ4v) is 1.98. The fraction of sp³-hybridized carbons (Fsp3) is 0.417. The molecule has 2 amide bonds. The molecule has 0 bridgehead atoms. The molecule has 0 fully saturated rings. The Bertz CT molecular complexity index is 404. The molecule has 2 rings (SSSR count). The molecule has 2 N–H and O–H groups in total. The van der Waals surface area contributed by atoms with Crippen molar-refractivity contribution in [3.63, 3.8) is 0 Å². The van der Waals surface area contributed by atoms with Crippen molar-refractivity contribution in [1.82, 2.24) is 10.2 Å². The molecule has 4 nitrogen and oxygen atoms in total. The summed E-state index contributed by atoms with van der Waals surface area (Å²) in [6.45, 7) is 3.86. The molecule has 86 valence electrons. The molecule has 0 unspecified atom stereocenters. The van der Waals surface area contributed by atoms with Crippen LogP contribution in [0.25, 0.3) is 0 Å². The number of carbonyl (C=O) groups is 1. The predicted molar refractivity (Wildman–Crippen MR) is 61.3 cm³/mol. The summed E-state index contributed by atoms with van der Waals surface area (Å²) in [5.41, 5.74) is 2.26. The highest BCUT2D eigenvalue weighted by molar-refractivity contribution is 5.74. The van der Waals surface area contributed by atoms with Crippen molar-refractivity contribution in [2.45, 2.75) is 19.9 Å². The Labute approximate surface area is 94.9 Å². The number of amides is 2. The molecule has 16 heavy (non-hydrogen) atoms. The van der Waals surface area contributed by atoms with Crippen LogP contribution < -0.4 is 5.32 Å². The number of urea groups is 1. The average molecular weight is 220 g/mol. The van der Waals surface area contributed by atoms with Gasteiger partial charge < -0.3 is 15.3 Å². The molecule has 1 heterocycles. The van der Waals surface area contributed by atoms with Gasteiger partial charge in [-0.25, -0.2) is 4.79 Å². The topological polar surface area (TPSA) is 52.6 Å². The van der Waals surface area contributed by atoms with Gasteiger partial charge in [-0.3, -0.25) is 0 Å². The minimum absolute atomic E-state index is 0.0310. The number of aromatic hydroxyl groups is 1. The Balaban J connectivity index is 2.13. The van der Waals surface area contributed by atoms with Gasteiger partial charge in [-0.2, -0.15) is 0 Å². The summed E-state index contributed by atoms with van der Waals surface area (Å²) in [5, 5.41) is 12.2. The zero-order valence-corrected chi connectivity index (χ0v) is 9.36. The first-order valence-electron chi connectivity index (χ1n) is 5.54. The maximum atomic E-state index is 11.6. The van der Waals surface area contributed by atoms with Gasteiger partial charge in [0.25, 0.3) is 0 Å². The third-order valence-electron chi connectivity index (χ3n) is 2.82. The number of hydrogen-bond donors (Lipinski definition) is 2. The maximum absolute atomic E-state index is 11.6. The summed E-state index contributed by atoms with van der Waals surface area (Å²) in [7, 11) is 0. The first-order chi connectivity index (χ1) is 7.70. The van der Waals surface area contributed by atoms with Crippen molar-refractivity contribution < 1.29 is 9.90 Å². The molecule has 1 aliphatic heterocycles. The summed E-state index contributed by atoms with van der Waals surface area (Å²) in [4.78, 5) is 13.4. The standard InChI is InChI=1S/C12H16N2O2/c1-2-13-12(16)14-6-5-9-3-4-11(15)7-10(9)8-14/h3-4,7,15H,2,5-6,8H2,1H3,(H,13,16). The van der Waals surface area contributed by atoms with E-state index >= 15 is 0 Å². The maximum Gasteiger partial charge on any atom is 0.317 e. The van der Waals surface area contributed by atoms with Crippen LogP contribution in [0.2, 0.25) is 0 Å². The number of carbonyl (C=O) groups excluding carboxylic acids is 1. The summed E-state index contributed by atoms with van der Waals surface area (Å²) in [5.74, 6) is 0.261. The van der Waals surface area contributed by atoms with Gasteiger partial charge in [0, 0.05) is 19.6 Å². The van der Waals surface area contributed by atoms with E-state index in [0.717, 1.165) is 18.5 Å². The minimum Gasteiger partial charge on any atom is -0.508 e. The monoisotopic (exact) mass is 220 g/mol. The lowest BCUT2D eigenvalue weighted by Gasteiger charge is -2.28. The molecule has 0 atom stereocenters. The highest BCUT2D eigenvalue weighted by atomic mass is 16.3. The highest BCUT2D eigenvalue weighted by Crippen LogP contribution is 2.22. The van der Waals surface area contributed by atoms with E-state index in [1.807, 2.05) is 13.0 Å². The minimum atomic E-state index is -0.0310. The number of fused-ring (bicyclic) bond motifs is 1. The van der Waals surface area contributed by atoms with Crippen molar-refractivity contribution >= 4 is 6.03 Å². The summed E-state index contributed by atoms with van der Waals surface area (Å²) < 4.78 is 0. The Hall–Kier alpha value is -1.71. The van der Waals surface area contributed by atoms with Crippen LogP contribution in [0.4, 0.5) is 4.79 Å². The van der Waals surface area contributed by atoms with Crippen molar-refractivity contribution in [3.05, 3.63) is 29.3 Å². The Morgan fingerprint density at radius 3 is 3.06 bits per heavy atom. The van der Waals surface area contributed by atoms with Crippen LogP contribution >= 0.6 is 0 Å². The predicted octanol–water partition coefficient (Wildman–Crippen LogP) is 1.48. The molecule has 0 aliphatic carbocycles. The lowest BCUT2D eigenvalue weighted by Crippen LogP contribution is -2.42. The van der Waals surface area contributed by atoms with Crippen LogP contribution in [0.5, 0.6) is 5.75 Å². The molecule has 0 aromatic heterocycles. The van der Waals surface area contributed by atoms with Crippen LogP contribution in [-0.4, -0.2) is 29.1 Å². The molecule has 1 aliphatic rings. The van der Waals surface area contributed by atoms with Crippen molar-refractivity contribution in [1.29, 1.82) is 0 Å². The molecule has 1 aromatic carbocycles. The molecule has 0 saturated heterocycles. The normalized spacial score (nSPS) is 14.4. The van der Waals surface area contributed by atoms with E-state index in [0.29, 0.717) is 13.1 Å². The van der Waals surface area contributed by atoms with E-state index < -0.39 is 0 Å². The zero-order chi connectivity index (χ0) is 11.5. The van der Waals surface area contributed by atoms with Gasteiger partial charge in [0.15, 0.2) is 0 Å². The van der Waals surface area contributed by atoms with Crippen molar-refractivity contribution in [3.8, 4) is 5.75 Å². The van der Waals surface area contributed by atoms with Gasteiger partial charge in [-0.1, -0.05) is 6.07 Å². The van der Waals surface area contributed by atoms with E-state index in [9.17, 15) is 9.90 Å². The lowest BCUT2D eigenvalue weighted by atomic mass is 10.00. The van der Waals surface area contributed by atoms with Crippen molar-refractivity contribution in [2.75, 3.05) is 13.1 Å². The average Bonchev–Trinajstić information content (AvgIpc) is 2.28. The van der Waals surface area contributed by atoms with Gasteiger partial charge >= 0.3 is 6.03 Å². The number of phenols is 1. The Kier molecular flexibility index (Phi) is 2.99. The van der Waals surface area contributed by atoms with Crippen LogP contribution in [0.15, 0.2) is 18.2 Å². The first kappa shape index (κ1) is 10.8. The quantitative estimate of drug-likeness (QED) is 0.753. The number of nitrogens with zero attached hydrogens (tertiary/aromatic N) is 1. The molecule has 0 spiro atoms. The van der Waals surface area contributed by atoms with E-state index in [1.165, 1.54) is 5.56 Å². The van der Waals surface area contributed by atoms with Gasteiger partial charge in [0.2, 0.25) is 0 Å². The van der Waals surface area contributed by atoms with E-state index in [2.05, 4.69) is 5.32 Å². The van der Waals surface area contributed by atoms with E-state index in [1.54, 1.807) is 17.0 Å².